The summed E-state index contributed by atoms with van der Waals surface area (Å²) in [7, 11) is 0. The van der Waals surface area contributed by atoms with Gasteiger partial charge in [0, 0.05) is 30.9 Å². The average molecular weight is 355 g/mol. The van der Waals surface area contributed by atoms with Crippen molar-refractivity contribution < 1.29 is 4.39 Å². The van der Waals surface area contributed by atoms with Gasteiger partial charge in [-0.25, -0.2) is 4.39 Å². The van der Waals surface area contributed by atoms with Crippen LogP contribution in [-0.2, 0) is 0 Å². The Labute approximate surface area is 135 Å². The summed E-state index contributed by atoms with van der Waals surface area (Å²) >= 11 is 3.35. The van der Waals surface area contributed by atoms with E-state index in [2.05, 4.69) is 32.7 Å². The first-order valence-corrected chi connectivity index (χ1v) is 8.85. The number of hydrogen-bond acceptors (Lipinski definition) is 2. The van der Waals surface area contributed by atoms with Crippen molar-refractivity contribution >= 4 is 21.6 Å². The van der Waals surface area contributed by atoms with Crippen molar-refractivity contribution in [3.05, 3.63) is 28.0 Å². The van der Waals surface area contributed by atoms with Crippen LogP contribution in [0.2, 0.25) is 0 Å². The zero-order valence-corrected chi connectivity index (χ0v) is 14.5. The third-order valence-electron chi connectivity index (χ3n) is 5.06. The third-order valence-corrected chi connectivity index (χ3v) is 5.67. The standard InChI is InChI=1S/C17H24BrFN2/c1-3-13-10-20-7-5-4-6-14(20)11-21(13)17-9-15(18)16(19)8-12(17)2/h8-9,13-14H,3-7,10-11H2,1-2H3. The normalized spacial score (nSPS) is 26.8. The van der Waals surface area contributed by atoms with Crippen LogP contribution < -0.4 is 4.90 Å². The van der Waals surface area contributed by atoms with E-state index in [0.717, 1.165) is 25.1 Å². The molecule has 0 bridgehead atoms. The first kappa shape index (κ1) is 15.3. The van der Waals surface area contributed by atoms with Gasteiger partial charge in [-0.05, 0) is 66.4 Å². The van der Waals surface area contributed by atoms with Crippen LogP contribution in [0, 0.1) is 12.7 Å². The number of aryl methyl sites for hydroxylation is 1. The number of anilines is 1. The Kier molecular flexibility index (Phi) is 4.55. The molecule has 116 valence electrons. The van der Waals surface area contributed by atoms with E-state index >= 15 is 0 Å². The van der Waals surface area contributed by atoms with E-state index in [4.69, 9.17) is 0 Å². The Morgan fingerprint density at radius 3 is 2.86 bits per heavy atom. The van der Waals surface area contributed by atoms with Crippen LogP contribution in [0.5, 0.6) is 0 Å². The van der Waals surface area contributed by atoms with E-state index in [-0.39, 0.29) is 5.82 Å². The lowest BCUT2D eigenvalue weighted by Crippen LogP contribution is -2.59. The van der Waals surface area contributed by atoms with E-state index in [1.54, 1.807) is 6.07 Å². The molecule has 2 heterocycles. The molecule has 0 aliphatic carbocycles. The number of piperazine rings is 1. The molecule has 2 nitrogen and oxygen atoms in total. The summed E-state index contributed by atoms with van der Waals surface area (Å²) < 4.78 is 14.3. The minimum atomic E-state index is -0.166. The van der Waals surface area contributed by atoms with Gasteiger partial charge in [0.2, 0.25) is 0 Å². The molecule has 0 aromatic heterocycles. The molecule has 2 atom stereocenters. The Morgan fingerprint density at radius 2 is 2.10 bits per heavy atom. The smallest absolute Gasteiger partial charge is 0.137 e. The lowest BCUT2D eigenvalue weighted by atomic mass is 9.95. The highest BCUT2D eigenvalue weighted by Gasteiger charge is 2.34. The van der Waals surface area contributed by atoms with E-state index < -0.39 is 0 Å². The van der Waals surface area contributed by atoms with Gasteiger partial charge in [0.1, 0.15) is 5.82 Å². The quantitative estimate of drug-likeness (QED) is 0.778. The maximum absolute atomic E-state index is 13.7. The summed E-state index contributed by atoms with van der Waals surface area (Å²) in [5, 5.41) is 0. The van der Waals surface area contributed by atoms with E-state index in [1.807, 2.05) is 13.0 Å². The highest BCUT2D eigenvalue weighted by Crippen LogP contribution is 2.33. The minimum Gasteiger partial charge on any atom is -0.365 e. The van der Waals surface area contributed by atoms with E-state index in [9.17, 15) is 4.39 Å². The number of nitrogens with zero attached hydrogens (tertiary/aromatic N) is 2. The van der Waals surface area contributed by atoms with Gasteiger partial charge in [0.05, 0.1) is 4.47 Å². The topological polar surface area (TPSA) is 6.48 Å². The molecule has 1 aromatic carbocycles. The first-order chi connectivity index (χ1) is 10.1. The molecule has 0 amide bonds. The number of benzene rings is 1. The van der Waals surface area contributed by atoms with Crippen molar-refractivity contribution in [2.75, 3.05) is 24.5 Å². The van der Waals surface area contributed by atoms with Crippen LogP contribution in [0.15, 0.2) is 16.6 Å². The summed E-state index contributed by atoms with van der Waals surface area (Å²) in [4.78, 5) is 5.19. The van der Waals surface area contributed by atoms with Crippen LogP contribution in [-0.4, -0.2) is 36.6 Å². The van der Waals surface area contributed by atoms with Gasteiger partial charge < -0.3 is 4.90 Å². The van der Waals surface area contributed by atoms with Crippen LogP contribution >= 0.6 is 15.9 Å². The Hall–Kier alpha value is -0.610. The maximum atomic E-state index is 13.7. The van der Waals surface area contributed by atoms with Gasteiger partial charge in [0.15, 0.2) is 0 Å². The average Bonchev–Trinajstić information content (AvgIpc) is 2.49. The lowest BCUT2D eigenvalue weighted by molar-refractivity contribution is 0.111. The fourth-order valence-electron chi connectivity index (χ4n) is 3.84. The molecule has 2 unspecified atom stereocenters. The molecule has 2 aliphatic rings. The molecule has 1 aromatic rings. The van der Waals surface area contributed by atoms with Gasteiger partial charge in [-0.2, -0.15) is 0 Å². The number of rotatable bonds is 2. The van der Waals surface area contributed by atoms with E-state index in [1.165, 1.54) is 31.5 Å². The number of halogens is 2. The first-order valence-electron chi connectivity index (χ1n) is 8.06. The van der Waals surface area contributed by atoms with Crippen molar-refractivity contribution in [2.24, 2.45) is 0 Å². The molecular formula is C17H24BrFN2. The zero-order valence-electron chi connectivity index (χ0n) is 12.9. The summed E-state index contributed by atoms with van der Waals surface area (Å²) in [6.45, 7) is 7.76. The summed E-state index contributed by atoms with van der Waals surface area (Å²) in [6.07, 6.45) is 5.12. The fraction of sp³-hybridized carbons (Fsp3) is 0.647. The summed E-state index contributed by atoms with van der Waals surface area (Å²) in [5.41, 5.74) is 2.23. The second-order valence-electron chi connectivity index (χ2n) is 6.41. The van der Waals surface area contributed by atoms with Crippen LogP contribution in [0.4, 0.5) is 10.1 Å². The minimum absolute atomic E-state index is 0.166. The SMILES string of the molecule is CCC1CN2CCCCC2CN1c1cc(Br)c(F)cc1C. The largest absolute Gasteiger partial charge is 0.365 e. The molecule has 4 heteroatoms. The number of piperidine rings is 1. The molecule has 2 saturated heterocycles. The molecule has 21 heavy (non-hydrogen) atoms. The number of fused-ring (bicyclic) bond motifs is 1. The van der Waals surface area contributed by atoms with E-state index in [0.29, 0.717) is 16.6 Å². The van der Waals surface area contributed by atoms with Crippen molar-refractivity contribution in [3.8, 4) is 0 Å². The zero-order chi connectivity index (χ0) is 15.0. The monoisotopic (exact) mass is 354 g/mol. The predicted molar refractivity (Wildman–Crippen MR) is 89.5 cm³/mol. The fourth-order valence-corrected chi connectivity index (χ4v) is 4.17. The Morgan fingerprint density at radius 1 is 1.29 bits per heavy atom. The summed E-state index contributed by atoms with van der Waals surface area (Å²) in [6, 6.07) is 4.82. The molecule has 0 spiro atoms. The maximum Gasteiger partial charge on any atom is 0.137 e. The highest BCUT2D eigenvalue weighted by molar-refractivity contribution is 9.10. The van der Waals surface area contributed by atoms with Crippen molar-refractivity contribution in [2.45, 2.75) is 51.6 Å². The van der Waals surface area contributed by atoms with Crippen molar-refractivity contribution in [3.63, 3.8) is 0 Å². The van der Waals surface area contributed by atoms with Crippen LogP contribution in [0.1, 0.15) is 38.2 Å². The Bertz CT molecular complexity index is 520. The van der Waals surface area contributed by atoms with Gasteiger partial charge in [0.25, 0.3) is 0 Å². The van der Waals surface area contributed by atoms with Crippen LogP contribution in [0.3, 0.4) is 0 Å². The second kappa shape index (κ2) is 6.25. The van der Waals surface area contributed by atoms with Crippen LogP contribution in [0.25, 0.3) is 0 Å². The lowest BCUT2D eigenvalue weighted by Gasteiger charge is -2.49. The highest BCUT2D eigenvalue weighted by atomic mass is 79.9. The molecule has 0 saturated carbocycles. The van der Waals surface area contributed by atoms with Gasteiger partial charge in [-0.3, -0.25) is 4.90 Å². The van der Waals surface area contributed by atoms with Gasteiger partial charge >= 0.3 is 0 Å². The van der Waals surface area contributed by atoms with Gasteiger partial charge in [-0.1, -0.05) is 13.3 Å². The number of hydrogen-bond donors (Lipinski definition) is 0. The Balaban J connectivity index is 1.90. The molecular weight excluding hydrogens is 331 g/mol. The molecule has 0 radical (unpaired) electrons. The third kappa shape index (κ3) is 2.98. The molecule has 3 rings (SSSR count). The van der Waals surface area contributed by atoms with Crippen molar-refractivity contribution in [1.29, 1.82) is 0 Å². The molecule has 2 aliphatic heterocycles. The van der Waals surface area contributed by atoms with Crippen molar-refractivity contribution in [1.82, 2.24) is 4.90 Å². The summed E-state index contributed by atoms with van der Waals surface area (Å²) in [5.74, 6) is -0.166. The molecule has 0 N–H and O–H groups in total. The van der Waals surface area contributed by atoms with Gasteiger partial charge in [-0.15, -0.1) is 0 Å². The second-order valence-corrected chi connectivity index (χ2v) is 7.27. The predicted octanol–water partition coefficient (Wildman–Crippen LogP) is 4.35. The molecule has 2 fully saturated rings.